The molecule has 0 aliphatic rings. The van der Waals surface area contributed by atoms with E-state index in [0.717, 1.165) is 31.2 Å². The predicted molar refractivity (Wildman–Crippen MR) is 90.6 cm³/mol. The summed E-state index contributed by atoms with van der Waals surface area (Å²) in [5.74, 6) is 0.735. The van der Waals surface area contributed by atoms with Crippen molar-refractivity contribution in [2.24, 2.45) is 5.92 Å². The average Bonchev–Trinajstić information content (AvgIpc) is 2.57. The lowest BCUT2D eigenvalue weighted by Crippen LogP contribution is -2.13. The molecular formula is C19H24N2O2. The number of aromatic nitrogens is 2. The molecule has 0 N–H and O–H groups in total. The molecule has 0 aliphatic heterocycles. The number of esters is 1. The summed E-state index contributed by atoms with van der Waals surface area (Å²) in [6.07, 6.45) is 7.49. The molecule has 1 unspecified atom stereocenters. The summed E-state index contributed by atoms with van der Waals surface area (Å²) < 4.78 is 5.32. The van der Waals surface area contributed by atoms with Crippen LogP contribution in [0.5, 0.6) is 5.75 Å². The van der Waals surface area contributed by atoms with E-state index in [0.29, 0.717) is 11.7 Å². The molecule has 4 heteroatoms. The van der Waals surface area contributed by atoms with E-state index in [1.54, 1.807) is 12.4 Å². The van der Waals surface area contributed by atoms with E-state index < -0.39 is 5.97 Å². The summed E-state index contributed by atoms with van der Waals surface area (Å²) in [6.45, 7) is 6.51. The largest absolute Gasteiger partial charge is 0.421 e. The van der Waals surface area contributed by atoms with Gasteiger partial charge in [0.2, 0.25) is 5.82 Å². The van der Waals surface area contributed by atoms with Gasteiger partial charge in [-0.2, -0.15) is 0 Å². The van der Waals surface area contributed by atoms with Crippen molar-refractivity contribution in [3.8, 4) is 5.75 Å². The van der Waals surface area contributed by atoms with E-state index in [-0.39, 0.29) is 5.82 Å². The Labute approximate surface area is 137 Å². The molecule has 1 atom stereocenters. The number of benzene rings is 1. The van der Waals surface area contributed by atoms with Crippen molar-refractivity contribution < 1.29 is 9.53 Å². The molecule has 0 radical (unpaired) electrons. The van der Waals surface area contributed by atoms with Crippen molar-refractivity contribution in [2.75, 3.05) is 0 Å². The first-order chi connectivity index (χ1) is 11.1. The van der Waals surface area contributed by atoms with Crippen molar-refractivity contribution in [1.82, 2.24) is 9.97 Å². The molecule has 2 aromatic rings. The molecule has 1 heterocycles. The van der Waals surface area contributed by atoms with Crippen LogP contribution in [0.2, 0.25) is 0 Å². The van der Waals surface area contributed by atoms with Gasteiger partial charge in [-0.25, -0.2) is 14.8 Å². The zero-order valence-corrected chi connectivity index (χ0v) is 14.1. The molecule has 2 rings (SSSR count). The van der Waals surface area contributed by atoms with Crippen molar-refractivity contribution in [2.45, 2.75) is 46.5 Å². The molecule has 23 heavy (non-hydrogen) atoms. The van der Waals surface area contributed by atoms with E-state index >= 15 is 0 Å². The van der Waals surface area contributed by atoms with Crippen LogP contribution in [0.1, 0.15) is 55.4 Å². The number of nitrogens with zero attached hydrogens (tertiary/aromatic N) is 2. The van der Waals surface area contributed by atoms with Crippen LogP contribution in [0.3, 0.4) is 0 Å². The number of aryl methyl sites for hydroxylation is 1. The van der Waals surface area contributed by atoms with Gasteiger partial charge in [-0.1, -0.05) is 45.7 Å². The van der Waals surface area contributed by atoms with Crippen LogP contribution in [0.25, 0.3) is 0 Å². The maximum absolute atomic E-state index is 12.0. The number of hydrogen-bond donors (Lipinski definition) is 0. The van der Waals surface area contributed by atoms with E-state index in [1.807, 2.05) is 24.3 Å². The van der Waals surface area contributed by atoms with Gasteiger partial charge in [-0.15, -0.1) is 0 Å². The second-order valence-corrected chi connectivity index (χ2v) is 5.92. The second-order valence-electron chi connectivity index (χ2n) is 5.92. The molecule has 0 amide bonds. The van der Waals surface area contributed by atoms with Gasteiger partial charge in [0.25, 0.3) is 0 Å². The van der Waals surface area contributed by atoms with E-state index in [1.165, 1.54) is 5.56 Å². The van der Waals surface area contributed by atoms with Gasteiger partial charge in [0.15, 0.2) is 0 Å². The predicted octanol–water partition coefficient (Wildman–Crippen LogP) is 4.24. The average molecular weight is 312 g/mol. The minimum atomic E-state index is -0.525. The number of carbonyl (C=O) groups excluding carboxylic acids is 1. The van der Waals surface area contributed by atoms with E-state index in [4.69, 9.17) is 4.74 Å². The zero-order chi connectivity index (χ0) is 16.7. The van der Waals surface area contributed by atoms with Crippen LogP contribution in [-0.4, -0.2) is 15.9 Å². The molecule has 1 aromatic heterocycles. The third-order valence-corrected chi connectivity index (χ3v) is 3.84. The summed E-state index contributed by atoms with van der Waals surface area (Å²) in [7, 11) is 0. The van der Waals surface area contributed by atoms with Gasteiger partial charge in [0.1, 0.15) is 5.75 Å². The molecule has 0 aliphatic carbocycles. The highest BCUT2D eigenvalue weighted by molar-refractivity contribution is 5.86. The number of carbonyl (C=O) groups is 1. The lowest BCUT2D eigenvalue weighted by atomic mass is 9.99. The Kier molecular flexibility index (Phi) is 6.27. The fourth-order valence-corrected chi connectivity index (χ4v) is 2.27. The summed E-state index contributed by atoms with van der Waals surface area (Å²) in [5, 5.41) is 0. The molecule has 1 aromatic carbocycles. The molecule has 4 nitrogen and oxygen atoms in total. The van der Waals surface area contributed by atoms with E-state index in [2.05, 4.69) is 30.7 Å². The first-order valence-corrected chi connectivity index (χ1v) is 8.24. The highest BCUT2D eigenvalue weighted by Gasteiger charge is 2.12. The number of hydrogen-bond acceptors (Lipinski definition) is 4. The van der Waals surface area contributed by atoms with Crippen LogP contribution in [0.4, 0.5) is 0 Å². The third-order valence-electron chi connectivity index (χ3n) is 3.84. The molecule has 122 valence electrons. The highest BCUT2D eigenvalue weighted by Crippen LogP contribution is 2.17. The van der Waals surface area contributed by atoms with Crippen LogP contribution in [0.15, 0.2) is 36.7 Å². The Bertz CT molecular complexity index is 621. The topological polar surface area (TPSA) is 52.1 Å². The fraction of sp³-hybridized carbons (Fsp3) is 0.421. The van der Waals surface area contributed by atoms with Gasteiger partial charge in [-0.3, -0.25) is 0 Å². The maximum Gasteiger partial charge on any atom is 0.381 e. The molecule has 0 bridgehead atoms. The lowest BCUT2D eigenvalue weighted by Gasteiger charge is -2.09. The lowest BCUT2D eigenvalue weighted by molar-refractivity contribution is 0.0721. The molecule has 0 fully saturated rings. The number of rotatable bonds is 7. The SMILES string of the molecule is CCCc1cnc(C(=O)Oc2ccc(CC(C)CC)cc2)nc1. The van der Waals surface area contributed by atoms with Crippen molar-refractivity contribution in [3.63, 3.8) is 0 Å². The minimum absolute atomic E-state index is 0.0912. The van der Waals surface area contributed by atoms with Gasteiger partial charge < -0.3 is 4.74 Å². The molecule has 0 saturated heterocycles. The van der Waals surface area contributed by atoms with Gasteiger partial charge in [0, 0.05) is 12.4 Å². The molecule has 0 saturated carbocycles. The van der Waals surface area contributed by atoms with Crippen molar-refractivity contribution in [1.29, 1.82) is 0 Å². The summed E-state index contributed by atoms with van der Waals surface area (Å²) in [5.41, 5.74) is 2.28. The standard InChI is InChI=1S/C19H24N2O2/c1-4-6-16-12-20-18(21-13-16)19(22)23-17-9-7-15(8-10-17)11-14(3)5-2/h7-10,12-14H,4-6,11H2,1-3H3. The van der Waals surface area contributed by atoms with Crippen molar-refractivity contribution in [3.05, 3.63) is 53.6 Å². The van der Waals surface area contributed by atoms with Crippen LogP contribution in [0, 0.1) is 5.92 Å². The van der Waals surface area contributed by atoms with Gasteiger partial charge in [-0.05, 0) is 42.0 Å². The minimum Gasteiger partial charge on any atom is -0.421 e. The van der Waals surface area contributed by atoms with Crippen LogP contribution in [-0.2, 0) is 12.8 Å². The van der Waals surface area contributed by atoms with Crippen molar-refractivity contribution >= 4 is 5.97 Å². The van der Waals surface area contributed by atoms with Gasteiger partial charge >= 0.3 is 5.97 Å². The number of ether oxygens (including phenoxy) is 1. The van der Waals surface area contributed by atoms with Crippen LogP contribution >= 0.6 is 0 Å². The molecular weight excluding hydrogens is 288 g/mol. The fourth-order valence-electron chi connectivity index (χ4n) is 2.27. The van der Waals surface area contributed by atoms with Crippen LogP contribution < -0.4 is 4.74 Å². The third kappa shape index (κ3) is 5.16. The summed E-state index contributed by atoms with van der Waals surface area (Å²) in [6, 6.07) is 7.64. The van der Waals surface area contributed by atoms with E-state index in [9.17, 15) is 4.79 Å². The highest BCUT2D eigenvalue weighted by atomic mass is 16.5. The normalized spacial score (nSPS) is 12.0. The Morgan fingerprint density at radius 3 is 2.30 bits per heavy atom. The second kappa shape index (κ2) is 8.42. The first kappa shape index (κ1) is 17.1. The smallest absolute Gasteiger partial charge is 0.381 e. The Morgan fingerprint density at radius 2 is 1.74 bits per heavy atom. The Morgan fingerprint density at radius 1 is 1.09 bits per heavy atom. The Hall–Kier alpha value is -2.23. The summed E-state index contributed by atoms with van der Waals surface area (Å²) >= 11 is 0. The van der Waals surface area contributed by atoms with Gasteiger partial charge in [0.05, 0.1) is 0 Å². The first-order valence-electron chi connectivity index (χ1n) is 8.24. The quantitative estimate of drug-likeness (QED) is 0.567. The summed E-state index contributed by atoms with van der Waals surface area (Å²) in [4.78, 5) is 20.2. The molecule has 0 spiro atoms. The Balaban J connectivity index is 1.96. The zero-order valence-electron chi connectivity index (χ0n) is 14.1. The maximum atomic E-state index is 12.0. The monoisotopic (exact) mass is 312 g/mol.